The molecule has 0 saturated carbocycles. The molecule has 0 heterocycles. The van der Waals surface area contributed by atoms with Gasteiger partial charge in [0.2, 0.25) is 0 Å². The van der Waals surface area contributed by atoms with Crippen molar-refractivity contribution in [2.75, 3.05) is 32.1 Å². The van der Waals surface area contributed by atoms with Crippen LogP contribution in [0.3, 0.4) is 0 Å². The van der Waals surface area contributed by atoms with Crippen molar-refractivity contribution in [3.8, 4) is 0 Å². The zero-order valence-electron chi connectivity index (χ0n) is 10.9. The fourth-order valence-electron chi connectivity index (χ4n) is 1.82. The van der Waals surface area contributed by atoms with Crippen LogP contribution < -0.4 is 10.2 Å². The van der Waals surface area contributed by atoms with Crippen molar-refractivity contribution < 1.29 is 14.8 Å². The zero-order valence-corrected chi connectivity index (χ0v) is 10.9. The van der Waals surface area contributed by atoms with E-state index in [1.54, 1.807) is 18.0 Å². The molecule has 19 heavy (non-hydrogen) atoms. The number of para-hydroxylation sites is 1. The summed E-state index contributed by atoms with van der Waals surface area (Å²) in [4.78, 5) is 23.2. The summed E-state index contributed by atoms with van der Waals surface area (Å²) in [6, 6.07) is 4.32. The monoisotopic (exact) mass is 267 g/mol. The van der Waals surface area contributed by atoms with Crippen molar-refractivity contribution >= 4 is 17.3 Å². The predicted octanol–water partition coefficient (Wildman–Crippen LogP) is 1.34. The second kappa shape index (κ2) is 6.69. The summed E-state index contributed by atoms with van der Waals surface area (Å²) >= 11 is 0. The van der Waals surface area contributed by atoms with Gasteiger partial charge in [-0.05, 0) is 32.1 Å². The molecule has 7 nitrogen and oxygen atoms in total. The number of carboxylic acids is 1. The molecule has 1 aromatic carbocycles. The molecule has 0 atom stereocenters. The smallest absolute Gasteiger partial charge is 0.342 e. The Morgan fingerprint density at radius 3 is 2.74 bits per heavy atom. The van der Waals surface area contributed by atoms with Crippen molar-refractivity contribution in [1.82, 2.24) is 5.32 Å². The van der Waals surface area contributed by atoms with Crippen LogP contribution in [0.5, 0.6) is 0 Å². The molecule has 0 unspecified atom stereocenters. The molecule has 0 fully saturated rings. The Bertz CT molecular complexity index is 476. The summed E-state index contributed by atoms with van der Waals surface area (Å²) in [6.07, 6.45) is 0.807. The highest BCUT2D eigenvalue weighted by atomic mass is 16.6. The normalized spacial score (nSPS) is 10.2. The van der Waals surface area contributed by atoms with Crippen molar-refractivity contribution in [3.63, 3.8) is 0 Å². The Kier molecular flexibility index (Phi) is 5.25. The molecule has 0 amide bonds. The summed E-state index contributed by atoms with van der Waals surface area (Å²) in [6.45, 7) is 1.39. The first-order valence-corrected chi connectivity index (χ1v) is 5.85. The minimum absolute atomic E-state index is 0.289. The Morgan fingerprint density at radius 1 is 1.53 bits per heavy atom. The molecular formula is C12H17N3O4. The molecule has 0 aliphatic heterocycles. The van der Waals surface area contributed by atoms with Crippen LogP contribution in [-0.2, 0) is 0 Å². The fourth-order valence-corrected chi connectivity index (χ4v) is 1.82. The number of carboxylic acid groups (broad SMARTS) is 1. The highest BCUT2D eigenvalue weighted by molar-refractivity contribution is 5.95. The third-order valence-electron chi connectivity index (χ3n) is 2.76. The molecule has 0 saturated heterocycles. The summed E-state index contributed by atoms with van der Waals surface area (Å²) in [5.74, 6) is -1.29. The highest BCUT2D eigenvalue weighted by Gasteiger charge is 2.25. The minimum Gasteiger partial charge on any atom is -0.477 e. The van der Waals surface area contributed by atoms with E-state index in [0.29, 0.717) is 12.2 Å². The van der Waals surface area contributed by atoms with Crippen LogP contribution in [0.4, 0.5) is 11.4 Å². The van der Waals surface area contributed by atoms with Crippen LogP contribution in [0.1, 0.15) is 16.8 Å². The molecule has 7 heteroatoms. The number of hydrogen-bond acceptors (Lipinski definition) is 5. The van der Waals surface area contributed by atoms with Crippen molar-refractivity contribution in [2.45, 2.75) is 6.42 Å². The molecule has 0 bridgehead atoms. The number of nitro benzene ring substituents is 1. The Morgan fingerprint density at radius 2 is 2.21 bits per heavy atom. The quantitative estimate of drug-likeness (QED) is 0.439. The number of carbonyl (C=O) groups is 1. The first-order chi connectivity index (χ1) is 8.99. The molecule has 0 aromatic heterocycles. The number of aromatic carboxylic acids is 1. The maximum atomic E-state index is 11.1. The Hall–Kier alpha value is -2.15. The standard InChI is InChI=1S/C12H17N3O4/c1-13-7-4-8-14(2)10-6-3-5-9(12(16)17)11(10)15(18)19/h3,5-6,13H,4,7-8H2,1-2H3,(H,16,17). The zero-order chi connectivity index (χ0) is 14.4. The number of rotatable bonds is 7. The lowest BCUT2D eigenvalue weighted by molar-refractivity contribution is -0.384. The molecule has 0 radical (unpaired) electrons. The van der Waals surface area contributed by atoms with Gasteiger partial charge in [-0.1, -0.05) is 6.07 Å². The van der Waals surface area contributed by atoms with E-state index in [-0.39, 0.29) is 11.3 Å². The van der Waals surface area contributed by atoms with Crippen molar-refractivity contribution in [3.05, 3.63) is 33.9 Å². The highest BCUT2D eigenvalue weighted by Crippen LogP contribution is 2.31. The predicted molar refractivity (Wildman–Crippen MR) is 71.9 cm³/mol. The van der Waals surface area contributed by atoms with Gasteiger partial charge in [-0.3, -0.25) is 10.1 Å². The third-order valence-corrected chi connectivity index (χ3v) is 2.76. The number of nitro groups is 1. The summed E-state index contributed by atoms with van der Waals surface area (Å²) in [5.41, 5.74) is -0.328. The second-order valence-electron chi connectivity index (χ2n) is 4.11. The van der Waals surface area contributed by atoms with Gasteiger partial charge in [-0.25, -0.2) is 4.79 Å². The summed E-state index contributed by atoms with van der Waals surface area (Å²) in [7, 11) is 3.54. The average Bonchev–Trinajstić information content (AvgIpc) is 2.37. The van der Waals surface area contributed by atoms with Crippen LogP contribution in [0.2, 0.25) is 0 Å². The SMILES string of the molecule is CNCCCN(C)c1cccc(C(=O)O)c1[N+](=O)[O-]. The number of nitrogens with one attached hydrogen (secondary N) is 1. The van der Waals surface area contributed by atoms with E-state index in [2.05, 4.69) is 5.32 Å². The minimum atomic E-state index is -1.29. The number of benzene rings is 1. The lowest BCUT2D eigenvalue weighted by Crippen LogP contribution is -2.23. The van der Waals surface area contributed by atoms with Gasteiger partial charge in [0.05, 0.1) is 4.92 Å². The maximum absolute atomic E-state index is 11.1. The van der Waals surface area contributed by atoms with Gasteiger partial charge in [0.15, 0.2) is 0 Å². The number of hydrogen-bond donors (Lipinski definition) is 2. The van der Waals surface area contributed by atoms with Gasteiger partial charge in [0, 0.05) is 13.6 Å². The molecule has 2 N–H and O–H groups in total. The molecule has 0 spiro atoms. The second-order valence-corrected chi connectivity index (χ2v) is 4.11. The van der Waals surface area contributed by atoms with Crippen LogP contribution in [0, 0.1) is 10.1 Å². The van der Waals surface area contributed by atoms with Crippen molar-refractivity contribution in [2.24, 2.45) is 0 Å². The fraction of sp³-hybridized carbons (Fsp3) is 0.417. The number of nitrogens with zero attached hydrogens (tertiary/aromatic N) is 2. The van der Waals surface area contributed by atoms with E-state index in [0.717, 1.165) is 13.0 Å². The lowest BCUT2D eigenvalue weighted by atomic mass is 10.1. The molecule has 0 aliphatic rings. The van der Waals surface area contributed by atoms with Crippen LogP contribution >= 0.6 is 0 Å². The molecular weight excluding hydrogens is 250 g/mol. The molecule has 104 valence electrons. The van der Waals surface area contributed by atoms with Crippen LogP contribution in [0.25, 0.3) is 0 Å². The Balaban J connectivity index is 3.09. The summed E-state index contributed by atoms with van der Waals surface area (Å²) < 4.78 is 0. The van der Waals surface area contributed by atoms with E-state index in [4.69, 9.17) is 5.11 Å². The van der Waals surface area contributed by atoms with E-state index in [1.165, 1.54) is 12.1 Å². The third kappa shape index (κ3) is 3.65. The van der Waals surface area contributed by atoms with Crippen LogP contribution in [0.15, 0.2) is 18.2 Å². The van der Waals surface area contributed by atoms with Gasteiger partial charge in [-0.15, -0.1) is 0 Å². The van der Waals surface area contributed by atoms with Gasteiger partial charge in [-0.2, -0.15) is 0 Å². The lowest BCUT2D eigenvalue weighted by Gasteiger charge is -2.19. The van der Waals surface area contributed by atoms with Crippen molar-refractivity contribution in [1.29, 1.82) is 0 Å². The molecule has 1 aromatic rings. The van der Waals surface area contributed by atoms with E-state index in [1.807, 2.05) is 7.05 Å². The van der Waals surface area contributed by atoms with E-state index < -0.39 is 10.9 Å². The first kappa shape index (κ1) is 14.9. The average molecular weight is 267 g/mol. The maximum Gasteiger partial charge on any atom is 0.342 e. The van der Waals surface area contributed by atoms with Gasteiger partial charge in [0.25, 0.3) is 0 Å². The summed E-state index contributed by atoms with van der Waals surface area (Å²) in [5, 5.41) is 23.1. The molecule has 1 rings (SSSR count). The van der Waals surface area contributed by atoms with E-state index in [9.17, 15) is 14.9 Å². The number of anilines is 1. The van der Waals surface area contributed by atoms with Gasteiger partial charge in [0.1, 0.15) is 11.3 Å². The molecule has 0 aliphatic carbocycles. The van der Waals surface area contributed by atoms with E-state index >= 15 is 0 Å². The largest absolute Gasteiger partial charge is 0.477 e. The van der Waals surface area contributed by atoms with Gasteiger partial charge < -0.3 is 15.3 Å². The first-order valence-electron chi connectivity index (χ1n) is 5.85. The van der Waals surface area contributed by atoms with Crippen LogP contribution in [-0.4, -0.2) is 43.2 Å². The topological polar surface area (TPSA) is 95.7 Å². The van der Waals surface area contributed by atoms with Gasteiger partial charge >= 0.3 is 11.7 Å². The Labute approximate surface area is 111 Å².